The van der Waals surface area contributed by atoms with E-state index in [9.17, 15) is 4.39 Å². The zero-order valence-corrected chi connectivity index (χ0v) is 23.5. The molecule has 0 aliphatic rings. The number of nitrogens with two attached hydrogens (primary N) is 1. The molecule has 1 heterocycles. The lowest BCUT2D eigenvalue weighted by Crippen LogP contribution is -2.36. The Morgan fingerprint density at radius 1 is 1.08 bits per heavy atom. The molecule has 4 N–H and O–H groups in total. The number of benzene rings is 1. The Morgan fingerprint density at radius 2 is 1.84 bits per heavy atom. The summed E-state index contributed by atoms with van der Waals surface area (Å²) in [7, 11) is 1.58. The van der Waals surface area contributed by atoms with Crippen molar-refractivity contribution < 1.29 is 9.13 Å². The summed E-state index contributed by atoms with van der Waals surface area (Å²) >= 11 is 0. The number of nitrogens with one attached hydrogen (secondary N) is 2. The van der Waals surface area contributed by atoms with Gasteiger partial charge in [0.2, 0.25) is 0 Å². The molecule has 6 nitrogen and oxygen atoms in total. The van der Waals surface area contributed by atoms with Gasteiger partial charge in [0.05, 0.1) is 0 Å². The van der Waals surface area contributed by atoms with Crippen LogP contribution in [0.1, 0.15) is 40.5 Å². The number of allylic oxidation sites excluding steroid dienone is 7. The van der Waals surface area contributed by atoms with Crippen molar-refractivity contribution in [1.82, 2.24) is 15.6 Å². The summed E-state index contributed by atoms with van der Waals surface area (Å²) < 4.78 is 19.0. The molecule has 0 saturated heterocycles. The second kappa shape index (κ2) is 22.1. The van der Waals surface area contributed by atoms with Gasteiger partial charge < -0.3 is 21.1 Å². The first-order valence-electron chi connectivity index (χ1n) is 12.9. The van der Waals surface area contributed by atoms with Gasteiger partial charge in [-0.25, -0.2) is 4.39 Å². The second-order valence-corrected chi connectivity index (χ2v) is 7.09. The molecule has 38 heavy (non-hydrogen) atoms. The van der Waals surface area contributed by atoms with Crippen LogP contribution < -0.4 is 21.1 Å². The molecule has 2 aromatic rings. The minimum absolute atomic E-state index is 0.237. The maximum atomic E-state index is 13.1. The SMILES string of the molecule is C=C/C=C(\C=C)C/C=C(\NC(N)=NC)N/C(=C/CF)C/C=C\COc1cccc2cnccc12.CC.CC. The van der Waals surface area contributed by atoms with E-state index in [1.807, 2.05) is 76.3 Å². The van der Waals surface area contributed by atoms with Crippen molar-refractivity contribution in [3.63, 3.8) is 0 Å². The van der Waals surface area contributed by atoms with Gasteiger partial charge in [0.25, 0.3) is 0 Å². The Morgan fingerprint density at radius 3 is 2.50 bits per heavy atom. The first kappa shape index (κ1) is 33.9. The van der Waals surface area contributed by atoms with Crippen molar-refractivity contribution in [2.45, 2.75) is 40.5 Å². The van der Waals surface area contributed by atoms with E-state index in [-0.39, 0.29) is 5.96 Å². The fraction of sp³-hybridized carbons (Fsp3) is 0.290. The van der Waals surface area contributed by atoms with Crippen LogP contribution in [-0.4, -0.2) is 31.3 Å². The largest absolute Gasteiger partial charge is 0.489 e. The van der Waals surface area contributed by atoms with Crippen LogP contribution in [-0.2, 0) is 0 Å². The van der Waals surface area contributed by atoms with Gasteiger partial charge in [0.1, 0.15) is 24.9 Å². The van der Waals surface area contributed by atoms with Crippen molar-refractivity contribution in [2.75, 3.05) is 20.3 Å². The molecule has 0 spiro atoms. The monoisotopic (exact) mass is 521 g/mol. The van der Waals surface area contributed by atoms with Crippen LogP contribution in [0.2, 0.25) is 0 Å². The van der Waals surface area contributed by atoms with Gasteiger partial charge in [-0.3, -0.25) is 9.98 Å². The summed E-state index contributed by atoms with van der Waals surface area (Å²) in [5.41, 5.74) is 7.48. The van der Waals surface area contributed by atoms with Crippen molar-refractivity contribution in [1.29, 1.82) is 0 Å². The lowest BCUT2D eigenvalue weighted by molar-refractivity contribution is 0.367. The van der Waals surface area contributed by atoms with Gasteiger partial charge >= 0.3 is 0 Å². The lowest BCUT2D eigenvalue weighted by atomic mass is 10.1. The molecule has 0 unspecified atom stereocenters. The maximum Gasteiger partial charge on any atom is 0.193 e. The fourth-order valence-electron chi connectivity index (χ4n) is 3.00. The Balaban J connectivity index is 0.00000326. The molecule has 1 aromatic carbocycles. The molecule has 2 rings (SSSR count). The van der Waals surface area contributed by atoms with Crippen LogP contribution in [0.15, 0.2) is 114 Å². The third-order valence-electron chi connectivity index (χ3n) is 4.74. The van der Waals surface area contributed by atoms with Crippen LogP contribution in [0.4, 0.5) is 4.39 Å². The topological polar surface area (TPSA) is 84.6 Å². The minimum Gasteiger partial charge on any atom is -0.489 e. The average molecular weight is 522 g/mol. The normalized spacial score (nSPS) is 12.2. The van der Waals surface area contributed by atoms with E-state index < -0.39 is 6.67 Å². The van der Waals surface area contributed by atoms with Crippen molar-refractivity contribution >= 4 is 16.7 Å². The van der Waals surface area contributed by atoms with E-state index in [1.165, 1.54) is 6.08 Å². The van der Waals surface area contributed by atoms with Gasteiger partial charge in [-0.05, 0) is 36.3 Å². The molecule has 0 fully saturated rings. The third kappa shape index (κ3) is 13.3. The number of pyridine rings is 1. The fourth-order valence-corrected chi connectivity index (χ4v) is 3.00. The van der Waals surface area contributed by atoms with Gasteiger partial charge in [0, 0.05) is 42.3 Å². The molecular formula is C31H44FN5O. The van der Waals surface area contributed by atoms with E-state index >= 15 is 0 Å². The van der Waals surface area contributed by atoms with Gasteiger partial charge in [-0.1, -0.05) is 83.4 Å². The summed E-state index contributed by atoms with van der Waals surface area (Å²) in [5.74, 6) is 1.62. The van der Waals surface area contributed by atoms with E-state index in [1.54, 1.807) is 31.6 Å². The number of guanidine groups is 1. The molecule has 206 valence electrons. The summed E-state index contributed by atoms with van der Waals surface area (Å²) in [6, 6.07) is 7.77. The van der Waals surface area contributed by atoms with Crippen molar-refractivity contribution in [3.05, 3.63) is 109 Å². The summed E-state index contributed by atoms with van der Waals surface area (Å²) in [6.07, 6.45) is 17.1. The maximum absolute atomic E-state index is 13.1. The van der Waals surface area contributed by atoms with E-state index in [0.717, 1.165) is 22.1 Å². The second-order valence-electron chi connectivity index (χ2n) is 7.09. The Hall–Kier alpha value is -4.13. The van der Waals surface area contributed by atoms with Crippen molar-refractivity contribution in [2.24, 2.45) is 10.7 Å². The van der Waals surface area contributed by atoms with Crippen LogP contribution in [0.25, 0.3) is 10.8 Å². The van der Waals surface area contributed by atoms with Crippen LogP contribution in [0, 0.1) is 0 Å². The number of hydrogen-bond acceptors (Lipinski definition) is 4. The number of rotatable bonds is 13. The molecule has 0 saturated carbocycles. The minimum atomic E-state index is -0.602. The molecule has 0 aliphatic carbocycles. The first-order chi connectivity index (χ1) is 18.6. The lowest BCUT2D eigenvalue weighted by Gasteiger charge is -2.15. The number of ether oxygens (including phenoxy) is 1. The number of fused-ring (bicyclic) bond motifs is 1. The van der Waals surface area contributed by atoms with Gasteiger partial charge in [-0.2, -0.15) is 0 Å². The predicted octanol–water partition coefficient (Wildman–Crippen LogP) is 7.12. The summed E-state index contributed by atoms with van der Waals surface area (Å²) in [4.78, 5) is 8.06. The molecule has 7 heteroatoms. The van der Waals surface area contributed by atoms with E-state index in [4.69, 9.17) is 10.5 Å². The number of aromatic nitrogens is 1. The smallest absolute Gasteiger partial charge is 0.193 e. The number of alkyl halides is 1. The quantitative estimate of drug-likeness (QED) is 0.113. The highest BCUT2D eigenvalue weighted by Crippen LogP contribution is 2.24. The average Bonchev–Trinajstić information content (AvgIpc) is 2.97. The molecule has 0 aliphatic heterocycles. The highest BCUT2D eigenvalue weighted by molar-refractivity contribution is 5.87. The van der Waals surface area contributed by atoms with Crippen molar-refractivity contribution in [3.8, 4) is 5.75 Å². The Kier molecular flexibility index (Phi) is 19.7. The van der Waals surface area contributed by atoms with Gasteiger partial charge in [0.15, 0.2) is 5.96 Å². The Labute approximate surface area is 228 Å². The first-order valence-corrected chi connectivity index (χ1v) is 12.9. The molecule has 1 aromatic heterocycles. The molecule has 0 radical (unpaired) electrons. The van der Waals surface area contributed by atoms with Gasteiger partial charge in [-0.15, -0.1) is 0 Å². The summed E-state index contributed by atoms with van der Waals surface area (Å²) in [5, 5.41) is 8.21. The van der Waals surface area contributed by atoms with E-state index in [2.05, 4.69) is 33.8 Å². The highest BCUT2D eigenvalue weighted by Gasteiger charge is 2.03. The predicted molar refractivity (Wildman–Crippen MR) is 163 cm³/mol. The van der Waals surface area contributed by atoms with E-state index in [0.29, 0.717) is 31.0 Å². The molecular weight excluding hydrogens is 477 g/mol. The highest BCUT2D eigenvalue weighted by atomic mass is 19.1. The zero-order chi connectivity index (χ0) is 28.6. The van der Waals surface area contributed by atoms with Crippen LogP contribution in [0.5, 0.6) is 5.75 Å². The molecule has 0 atom stereocenters. The number of aliphatic imine (C=N–C) groups is 1. The summed E-state index contributed by atoms with van der Waals surface area (Å²) in [6.45, 7) is 15.3. The molecule has 0 amide bonds. The number of nitrogens with zero attached hydrogens (tertiary/aromatic N) is 2. The third-order valence-corrected chi connectivity index (χ3v) is 4.74. The molecule has 0 bridgehead atoms. The van der Waals surface area contributed by atoms with Crippen LogP contribution in [0.3, 0.4) is 0 Å². The van der Waals surface area contributed by atoms with Crippen LogP contribution >= 0.6 is 0 Å². The standard InChI is InChI=1S/C27H32FN5O.2C2H6/c1-4-9-21(5-2)13-14-26(33-27(29)30-3)32-23(15-17-28)11-6-7-19-34-25-12-8-10-22-20-31-18-16-24(22)25;2*1-2/h4-10,12,14-16,18,20,32H,1-2,11,13,17,19H2,3H3,(H3,29,30,33);2*1-2H3/b7-6-,21-9+,23-15+,26-14-;;. The zero-order valence-electron chi connectivity index (χ0n) is 23.5. The number of hydrogen-bond donors (Lipinski definition) is 3. The number of halogens is 1. The Bertz CT molecular complexity index is 1110.